The van der Waals surface area contributed by atoms with Gasteiger partial charge in [0.05, 0.1) is 16.2 Å². The van der Waals surface area contributed by atoms with Gasteiger partial charge in [0.25, 0.3) is 0 Å². The topological polar surface area (TPSA) is 42.0 Å². The summed E-state index contributed by atoms with van der Waals surface area (Å²) in [5, 5.41) is 2.79. The van der Waals surface area contributed by atoms with Crippen LogP contribution in [0.5, 0.6) is 0 Å². The highest BCUT2D eigenvalue weighted by Crippen LogP contribution is 2.13. The van der Waals surface area contributed by atoms with Crippen LogP contribution in [-0.2, 0) is 4.79 Å². The van der Waals surface area contributed by atoms with Gasteiger partial charge in [-0.15, -0.1) is 0 Å². The minimum Gasteiger partial charge on any atom is -0.324 e. The fraction of sp³-hybridized carbons (Fsp3) is 0.400. The number of halogens is 1. The molecule has 0 aliphatic heterocycles. The van der Waals surface area contributed by atoms with E-state index in [1.54, 1.807) is 6.92 Å². The largest absolute Gasteiger partial charge is 0.324 e. The van der Waals surface area contributed by atoms with Crippen LogP contribution >= 0.6 is 15.9 Å². The van der Waals surface area contributed by atoms with E-state index in [1.807, 2.05) is 26.0 Å². The number of anilines is 1. The molecule has 1 heterocycles. The van der Waals surface area contributed by atoms with Gasteiger partial charge in [0.15, 0.2) is 0 Å². The zero-order valence-electron chi connectivity index (χ0n) is 8.47. The first-order valence-electron chi connectivity index (χ1n) is 4.40. The van der Waals surface area contributed by atoms with E-state index >= 15 is 0 Å². The van der Waals surface area contributed by atoms with E-state index in [9.17, 15) is 4.79 Å². The summed E-state index contributed by atoms with van der Waals surface area (Å²) in [5.41, 5.74) is 2.56. The molecule has 1 atom stereocenters. The Morgan fingerprint density at radius 2 is 2.14 bits per heavy atom. The van der Waals surface area contributed by atoms with Gasteiger partial charge in [0, 0.05) is 5.69 Å². The lowest BCUT2D eigenvalue weighted by Gasteiger charge is -2.09. The molecule has 14 heavy (non-hydrogen) atoms. The molecule has 1 N–H and O–H groups in total. The number of amides is 1. The predicted molar refractivity (Wildman–Crippen MR) is 60.7 cm³/mol. The zero-order valence-corrected chi connectivity index (χ0v) is 10.1. The molecule has 3 nitrogen and oxygen atoms in total. The van der Waals surface area contributed by atoms with E-state index in [4.69, 9.17) is 0 Å². The summed E-state index contributed by atoms with van der Waals surface area (Å²) in [4.78, 5) is 15.4. The van der Waals surface area contributed by atoms with Crippen molar-refractivity contribution in [2.24, 2.45) is 0 Å². The Morgan fingerprint density at radius 1 is 1.50 bits per heavy atom. The van der Waals surface area contributed by atoms with Gasteiger partial charge in [-0.1, -0.05) is 15.9 Å². The second-order valence-electron chi connectivity index (χ2n) is 3.19. The summed E-state index contributed by atoms with van der Waals surface area (Å²) < 4.78 is 0. The van der Waals surface area contributed by atoms with Crippen molar-refractivity contribution >= 4 is 27.5 Å². The third kappa shape index (κ3) is 2.80. The maximum absolute atomic E-state index is 11.4. The lowest BCUT2D eigenvalue weighted by molar-refractivity contribution is -0.115. The van der Waals surface area contributed by atoms with Gasteiger partial charge in [-0.3, -0.25) is 9.78 Å². The van der Waals surface area contributed by atoms with Gasteiger partial charge in [-0.05, 0) is 32.9 Å². The molecule has 0 aliphatic carbocycles. The first kappa shape index (κ1) is 11.2. The number of carbonyl (C=O) groups is 1. The van der Waals surface area contributed by atoms with Gasteiger partial charge in [0.2, 0.25) is 5.91 Å². The van der Waals surface area contributed by atoms with Gasteiger partial charge in [-0.2, -0.15) is 0 Å². The molecule has 0 aromatic carbocycles. The molecule has 0 radical (unpaired) electrons. The smallest absolute Gasteiger partial charge is 0.237 e. The van der Waals surface area contributed by atoms with Crippen LogP contribution in [0, 0.1) is 13.8 Å². The summed E-state index contributed by atoms with van der Waals surface area (Å²) in [5.74, 6) is -0.0567. The third-order valence-corrected chi connectivity index (χ3v) is 2.26. The van der Waals surface area contributed by atoms with Crippen LogP contribution in [0.4, 0.5) is 5.69 Å². The fourth-order valence-corrected chi connectivity index (χ4v) is 1.17. The van der Waals surface area contributed by atoms with Crippen molar-refractivity contribution in [3.05, 3.63) is 23.5 Å². The Hall–Kier alpha value is -0.900. The quantitative estimate of drug-likeness (QED) is 0.827. The van der Waals surface area contributed by atoms with Crippen LogP contribution in [0.1, 0.15) is 18.3 Å². The maximum Gasteiger partial charge on any atom is 0.237 e. The van der Waals surface area contributed by atoms with Crippen LogP contribution in [0.15, 0.2) is 12.1 Å². The molecule has 1 amide bonds. The lowest BCUT2D eigenvalue weighted by Crippen LogP contribution is -2.20. The number of nitrogens with one attached hydrogen (secondary N) is 1. The zero-order chi connectivity index (χ0) is 10.7. The normalized spacial score (nSPS) is 12.3. The molecule has 0 fully saturated rings. The highest BCUT2D eigenvalue weighted by Gasteiger charge is 2.10. The van der Waals surface area contributed by atoms with Crippen LogP contribution < -0.4 is 5.32 Å². The summed E-state index contributed by atoms with van der Waals surface area (Å²) in [6.45, 7) is 5.58. The van der Waals surface area contributed by atoms with Crippen molar-refractivity contribution in [3.8, 4) is 0 Å². The molecule has 1 unspecified atom stereocenters. The number of pyridine rings is 1. The monoisotopic (exact) mass is 256 g/mol. The van der Waals surface area contributed by atoms with Crippen molar-refractivity contribution in [1.82, 2.24) is 4.98 Å². The van der Waals surface area contributed by atoms with E-state index in [-0.39, 0.29) is 10.7 Å². The molecular formula is C10H13BrN2O. The van der Waals surface area contributed by atoms with E-state index in [0.717, 1.165) is 17.1 Å². The number of rotatable bonds is 2. The fourth-order valence-electron chi connectivity index (χ4n) is 1.05. The number of hydrogen-bond donors (Lipinski definition) is 1. The Bertz CT molecular complexity index is 350. The van der Waals surface area contributed by atoms with E-state index in [0.29, 0.717) is 0 Å². The molecule has 0 bridgehead atoms. The summed E-state index contributed by atoms with van der Waals surface area (Å²) >= 11 is 3.20. The van der Waals surface area contributed by atoms with Gasteiger partial charge < -0.3 is 5.32 Å². The molecule has 0 saturated heterocycles. The average molecular weight is 257 g/mol. The first-order chi connectivity index (χ1) is 6.50. The van der Waals surface area contributed by atoms with Crippen molar-refractivity contribution in [2.45, 2.75) is 25.6 Å². The summed E-state index contributed by atoms with van der Waals surface area (Å²) in [7, 11) is 0. The number of hydrogen-bond acceptors (Lipinski definition) is 2. The average Bonchev–Trinajstić information content (AvgIpc) is 2.09. The van der Waals surface area contributed by atoms with Crippen LogP contribution in [0.3, 0.4) is 0 Å². The summed E-state index contributed by atoms with van der Waals surface area (Å²) in [6, 6.07) is 3.74. The highest BCUT2D eigenvalue weighted by atomic mass is 79.9. The molecule has 4 heteroatoms. The van der Waals surface area contributed by atoms with Crippen LogP contribution in [0.25, 0.3) is 0 Å². The number of nitrogens with zero attached hydrogens (tertiary/aromatic N) is 1. The minimum absolute atomic E-state index is 0.0567. The van der Waals surface area contributed by atoms with Crippen molar-refractivity contribution in [3.63, 3.8) is 0 Å². The number of aromatic nitrogens is 1. The van der Waals surface area contributed by atoms with Gasteiger partial charge in [-0.25, -0.2) is 0 Å². The molecule has 1 aromatic rings. The number of alkyl halides is 1. The number of carbonyl (C=O) groups excluding carboxylic acids is 1. The maximum atomic E-state index is 11.4. The summed E-state index contributed by atoms with van der Waals surface area (Å²) in [6.07, 6.45) is 0. The van der Waals surface area contributed by atoms with Gasteiger partial charge in [0.1, 0.15) is 0 Å². The number of aryl methyl sites for hydroxylation is 2. The minimum atomic E-state index is -0.191. The Balaban J connectivity index is 2.82. The molecule has 0 saturated carbocycles. The molecule has 1 rings (SSSR count). The Morgan fingerprint density at radius 3 is 2.64 bits per heavy atom. The van der Waals surface area contributed by atoms with Crippen molar-refractivity contribution in [2.75, 3.05) is 5.32 Å². The standard InChI is InChI=1S/C10H13BrN2O/c1-6-4-5-9(8(3)12-6)13-10(14)7(2)11/h4-5,7H,1-3H3,(H,13,14). The van der Waals surface area contributed by atoms with Gasteiger partial charge >= 0.3 is 0 Å². The van der Waals surface area contributed by atoms with E-state index in [2.05, 4.69) is 26.2 Å². The van der Waals surface area contributed by atoms with Crippen molar-refractivity contribution in [1.29, 1.82) is 0 Å². The van der Waals surface area contributed by atoms with Crippen LogP contribution in [0.2, 0.25) is 0 Å². The van der Waals surface area contributed by atoms with E-state index in [1.165, 1.54) is 0 Å². The van der Waals surface area contributed by atoms with Crippen LogP contribution in [-0.4, -0.2) is 15.7 Å². The van der Waals surface area contributed by atoms with Crippen molar-refractivity contribution < 1.29 is 4.79 Å². The molecular weight excluding hydrogens is 244 g/mol. The molecule has 1 aromatic heterocycles. The predicted octanol–water partition coefficient (Wildman–Crippen LogP) is 2.42. The third-order valence-electron chi connectivity index (χ3n) is 1.84. The highest BCUT2D eigenvalue weighted by molar-refractivity contribution is 9.10. The Kier molecular flexibility index (Phi) is 3.63. The van der Waals surface area contributed by atoms with E-state index < -0.39 is 0 Å². The second-order valence-corrected chi connectivity index (χ2v) is 4.56. The second kappa shape index (κ2) is 4.55. The lowest BCUT2D eigenvalue weighted by atomic mass is 10.2. The Labute approximate surface area is 92.1 Å². The molecule has 76 valence electrons. The molecule has 0 spiro atoms. The molecule has 0 aliphatic rings. The SMILES string of the molecule is Cc1ccc(NC(=O)C(C)Br)c(C)n1. The first-order valence-corrected chi connectivity index (χ1v) is 5.31.